The number of allylic oxidation sites excluding steroid dienone is 2. The van der Waals surface area contributed by atoms with E-state index in [2.05, 4.69) is 63.2 Å². The maximum absolute atomic E-state index is 15.7. The number of nitrogens with two attached hydrogens (primary N) is 2. The maximum Gasteiger partial charge on any atom is 0.328 e. The second kappa shape index (κ2) is 49.2. The lowest BCUT2D eigenvalue weighted by atomic mass is 10.0. The number of fused-ring (bicyclic) bond motifs is 8. The highest BCUT2D eigenvalue weighted by molar-refractivity contribution is 7.60. The Bertz CT molecular complexity index is 3980. The van der Waals surface area contributed by atoms with Crippen LogP contribution in [0.4, 0.5) is 29.2 Å². The van der Waals surface area contributed by atoms with Crippen molar-refractivity contribution in [1.29, 1.82) is 0 Å². The molecule has 105 heavy (non-hydrogen) atoms. The van der Waals surface area contributed by atoms with Crippen LogP contribution in [0.3, 0.4) is 0 Å². The van der Waals surface area contributed by atoms with E-state index in [4.69, 9.17) is 71.9 Å². The third kappa shape index (κ3) is 26.5. The molecule has 4 aliphatic heterocycles. The smallest absolute Gasteiger partial charge is 0.328 e. The molecule has 4 fully saturated rings. The number of amides is 1. The minimum absolute atomic E-state index is 0. The highest BCUT2D eigenvalue weighted by atomic mass is 35.5. The van der Waals surface area contributed by atoms with Gasteiger partial charge in [-0.3, -0.25) is 24.6 Å². The monoisotopic (exact) mass is 1610 g/mol. The Kier molecular flexibility index (Phi) is 46.0. The van der Waals surface area contributed by atoms with Crippen LogP contribution in [0, 0.1) is 30.7 Å². The summed E-state index contributed by atoms with van der Waals surface area (Å²) in [7, 11) is 0. The molecule has 8 heterocycles. The van der Waals surface area contributed by atoms with Gasteiger partial charge in [-0.25, -0.2) is 35.5 Å². The molecule has 4 bridgehead atoms. The number of aliphatic carboxylic acids is 1. The van der Waals surface area contributed by atoms with Crippen molar-refractivity contribution in [2.75, 3.05) is 97.1 Å². The fourth-order valence-electron chi connectivity index (χ4n) is 12.0. The topological polar surface area (TPSA) is 239 Å². The Labute approximate surface area is 665 Å². The van der Waals surface area contributed by atoms with Crippen LogP contribution in [0.2, 0.25) is 10.0 Å². The van der Waals surface area contributed by atoms with Gasteiger partial charge in [0.2, 0.25) is 19.0 Å². The fraction of sp³-hybridized carbons (Fsp3) is 0.425. The summed E-state index contributed by atoms with van der Waals surface area (Å²) in [4.78, 5) is 59.6. The Morgan fingerprint density at radius 1 is 0.676 bits per heavy atom. The summed E-state index contributed by atoms with van der Waals surface area (Å²) in [5, 5.41) is 12.8. The minimum atomic E-state index is -1.11. The number of benzene rings is 4. The summed E-state index contributed by atoms with van der Waals surface area (Å²) in [6.45, 7) is 27.5. The van der Waals surface area contributed by atoms with Gasteiger partial charge in [-0.05, 0) is 81.0 Å². The van der Waals surface area contributed by atoms with Crippen molar-refractivity contribution in [3.05, 3.63) is 154 Å². The third-order valence-electron chi connectivity index (χ3n) is 16.7. The van der Waals surface area contributed by atoms with Crippen LogP contribution in [0.15, 0.2) is 109 Å². The van der Waals surface area contributed by atoms with Crippen molar-refractivity contribution in [3.63, 3.8) is 0 Å². The van der Waals surface area contributed by atoms with Crippen LogP contribution >= 0.6 is 104 Å². The first-order valence-electron chi connectivity index (χ1n) is 32.1. The molecular formula is C73H99Cl2F4N13O7S6. The summed E-state index contributed by atoms with van der Waals surface area (Å²) >= 11 is 12.9. The summed E-state index contributed by atoms with van der Waals surface area (Å²) < 4.78 is 77.0. The number of carboxylic acid groups (broad SMARTS) is 1. The molecule has 20 nitrogen and oxygen atoms in total. The predicted molar refractivity (Wildman–Crippen MR) is 446 cm³/mol. The number of anilines is 2. The lowest BCUT2D eigenvalue weighted by molar-refractivity contribution is -0.131. The number of ether oxygens (including phenoxy) is 4. The number of hydrogen-bond acceptors (Lipinski definition) is 16. The van der Waals surface area contributed by atoms with Gasteiger partial charge in [0.25, 0.3) is 0 Å². The number of alkyl halides is 2. The number of morpholine rings is 2. The average molecular weight is 1610 g/mol. The Morgan fingerprint density at radius 2 is 1.10 bits per heavy atom. The van der Waals surface area contributed by atoms with Gasteiger partial charge < -0.3 is 50.1 Å². The van der Waals surface area contributed by atoms with E-state index in [0.717, 1.165) is 98.8 Å². The number of carboxylic acids is 1. The molecule has 0 radical (unpaired) electrons. The van der Waals surface area contributed by atoms with Crippen molar-refractivity contribution in [2.45, 2.75) is 111 Å². The molecule has 576 valence electrons. The van der Waals surface area contributed by atoms with Crippen molar-refractivity contribution < 1.29 is 51.2 Å². The molecule has 1 amide bonds. The zero-order valence-corrected chi connectivity index (χ0v) is 65.0. The molecule has 12 rings (SSSR count). The van der Waals surface area contributed by atoms with Crippen LogP contribution in [-0.2, 0) is 19.1 Å². The number of carbonyl (C=O) groups is 2. The molecule has 8 aromatic rings. The summed E-state index contributed by atoms with van der Waals surface area (Å²) in [6.07, 6.45) is 14.1. The predicted octanol–water partition coefficient (Wildman–Crippen LogP) is 15.5. The van der Waals surface area contributed by atoms with Crippen molar-refractivity contribution in [3.8, 4) is 34.5 Å². The average Bonchev–Trinajstić information content (AvgIpc) is 1.05. The number of pyridine rings is 2. The highest BCUT2D eigenvalue weighted by Crippen LogP contribution is 2.39. The highest BCUT2D eigenvalue weighted by Gasteiger charge is 2.39. The van der Waals surface area contributed by atoms with Gasteiger partial charge >= 0.3 is 18.0 Å². The molecule has 5 N–H and O–H groups in total. The van der Waals surface area contributed by atoms with Gasteiger partial charge in [0.1, 0.15) is 53.4 Å². The molecular weight excluding hydrogens is 1510 g/mol. The number of likely N-dealkylation sites (N-methyl/N-ethyl adjacent to an activating group) is 1. The van der Waals surface area contributed by atoms with Crippen LogP contribution in [0.25, 0.3) is 75.6 Å². The number of carbonyl (C=O) groups excluding carboxylic acids is 1. The first kappa shape index (κ1) is 98.2. The molecule has 4 aromatic carbocycles. The van der Waals surface area contributed by atoms with Crippen molar-refractivity contribution in [1.82, 2.24) is 44.6 Å². The molecule has 0 saturated carbocycles. The summed E-state index contributed by atoms with van der Waals surface area (Å²) in [5.41, 5.74) is 13.8. The number of nitrogens with zero attached hydrogens (tertiary/aromatic N) is 11. The van der Waals surface area contributed by atoms with E-state index < -0.39 is 31.0 Å². The lowest BCUT2D eigenvalue weighted by Crippen LogP contribution is -2.38. The van der Waals surface area contributed by atoms with E-state index in [-0.39, 0.29) is 160 Å². The van der Waals surface area contributed by atoms with Gasteiger partial charge in [0.05, 0.1) is 49.4 Å². The Morgan fingerprint density at radius 3 is 1.45 bits per heavy atom. The number of rotatable bonds is 22. The van der Waals surface area contributed by atoms with Gasteiger partial charge in [0.15, 0.2) is 11.6 Å². The van der Waals surface area contributed by atoms with Crippen molar-refractivity contribution in [2.24, 2.45) is 5.92 Å². The normalized spacial score (nSPS) is 16.2. The summed E-state index contributed by atoms with van der Waals surface area (Å²) in [6, 6.07) is 23.3. The number of likely N-dealkylation sites (tertiary alicyclic amines) is 2. The van der Waals surface area contributed by atoms with E-state index in [1.165, 1.54) is 37.4 Å². The van der Waals surface area contributed by atoms with Crippen LogP contribution in [0.1, 0.15) is 81.1 Å². The molecule has 0 unspecified atom stereocenters. The Balaban J connectivity index is 0.00000143. The Hall–Kier alpha value is -6.78. The molecule has 0 spiro atoms. The standard InChI is InChI=1S/2C25H23ClFN5O2.C10H15FN2O.C7H13N.C4H5FO2.2CH4.6H2S/c2*26-19-7-2-5-14-4-1-6-17(20(14)19)22-21(27)23-18(11-29-22)24(28)31-25(30-23)33-9-3-8-32-12-16-10-15(32)13-34-16;1-4-13(9(2)8-12-3)10(14)6-5-7-11;1-4-5-7(2)6-8-3;5-3-1-2-4(6)7;;;;;;;;/h2*1-2,4-7,11,15-16H,3,8-10,12-13H2,(H2,28,30,31);5-6,9H,4,7-8H2,1-2H3;7H,4-6H2,1-2H3;1-2H,3H2,(H,6,7);2*1H4;6*1H2/b;;6-5+;;2-1+;;;;;;;;/t2*15-,16-;9-;7-;;;;;;;;;/m0010........./s1. The first-order valence-corrected chi connectivity index (χ1v) is 32.9. The van der Waals surface area contributed by atoms with E-state index in [9.17, 15) is 18.4 Å². The van der Waals surface area contributed by atoms with Crippen molar-refractivity contribution >= 4 is 171 Å². The van der Waals surface area contributed by atoms with E-state index in [1.807, 2.05) is 62.4 Å². The molecule has 0 aliphatic carbocycles. The maximum atomic E-state index is 15.7. The van der Waals surface area contributed by atoms with Crippen LogP contribution < -0.4 is 20.9 Å². The second-order valence-corrected chi connectivity index (χ2v) is 24.3. The van der Waals surface area contributed by atoms with E-state index in [0.29, 0.717) is 88.5 Å². The molecule has 32 heteroatoms. The van der Waals surface area contributed by atoms with Gasteiger partial charge in [-0.2, -0.15) is 101 Å². The summed E-state index contributed by atoms with van der Waals surface area (Å²) in [5.74, 6) is -1.66. The molecule has 4 saturated heterocycles. The molecule has 6 atom stereocenters. The molecule has 4 aliphatic rings. The SMILES string of the molecule is C.C.Nc1nc(OCCCN2C[C@@H]3C[C@H]2CO3)nc2c(F)c(-c3cccc4cccc(Cl)c34)ncc12.Nc1nc(OCCCN2C[C@@H]3C[C@H]2CO3)nc2c(F)c(-c3cccc4cccc(Cl)c34)ncc12.O=C(O)/C=C/CF.S.S.S.S.S.S.[C-]#[N+]C[C@@H](C)CCC.[C-]#[N+]C[C@@H](C)N(CC)C(=O)/C=C/CF. The van der Waals surface area contributed by atoms with Gasteiger partial charge in [-0.15, -0.1) is 0 Å². The number of nitrogen functional groups attached to an aromatic ring is 2. The second-order valence-electron chi connectivity index (χ2n) is 23.5. The van der Waals surface area contributed by atoms with E-state index in [1.54, 1.807) is 29.2 Å². The van der Waals surface area contributed by atoms with Crippen LogP contribution in [0.5, 0.6) is 12.0 Å². The van der Waals surface area contributed by atoms with Gasteiger partial charge in [-0.1, -0.05) is 119 Å². The first-order chi connectivity index (χ1) is 46.9. The molecule has 4 aromatic heterocycles. The largest absolute Gasteiger partial charge is 0.478 e. The van der Waals surface area contributed by atoms with Gasteiger partial charge in [0, 0.05) is 107 Å². The van der Waals surface area contributed by atoms with Crippen LogP contribution in [-0.4, -0.2) is 178 Å². The lowest BCUT2D eigenvalue weighted by Gasteiger charge is -2.26. The third-order valence-corrected chi connectivity index (χ3v) is 17.3. The minimum Gasteiger partial charge on any atom is -0.478 e. The quantitative estimate of drug-likeness (QED) is 0.0247. The fourth-order valence-corrected chi connectivity index (χ4v) is 12.6. The number of aromatic nitrogens is 6. The zero-order valence-electron chi connectivity index (χ0n) is 57.5. The number of hydrogen-bond donors (Lipinski definition) is 3. The number of halogens is 6. The zero-order chi connectivity index (χ0) is 69.5. The van der Waals surface area contributed by atoms with E-state index >= 15 is 8.78 Å².